The lowest BCUT2D eigenvalue weighted by molar-refractivity contribution is -0.111. The molecule has 0 saturated heterocycles. The molecule has 0 unspecified atom stereocenters. The van der Waals surface area contributed by atoms with Crippen LogP contribution in [-0.2, 0) is 14.3 Å². The first-order valence-corrected chi connectivity index (χ1v) is 12.8. The van der Waals surface area contributed by atoms with E-state index in [1.165, 1.54) is 6.08 Å². The number of hydrogen-bond donors (Lipinski definition) is 1. The van der Waals surface area contributed by atoms with Crippen LogP contribution in [0.15, 0.2) is 24.3 Å². The van der Waals surface area contributed by atoms with Crippen LogP contribution in [0.4, 0.5) is 5.00 Å². The third-order valence-electron chi connectivity index (χ3n) is 5.01. The first-order valence-electron chi connectivity index (χ1n) is 12.0. The van der Waals surface area contributed by atoms with Gasteiger partial charge in [0, 0.05) is 6.08 Å². The van der Waals surface area contributed by atoms with E-state index in [1.807, 2.05) is 6.07 Å². The Bertz CT molecular complexity index is 1090. The third-order valence-corrected chi connectivity index (χ3v) is 6.20. The van der Waals surface area contributed by atoms with E-state index in [4.69, 9.17) is 18.9 Å². The lowest BCUT2D eigenvalue weighted by Gasteiger charge is -2.11. The van der Waals surface area contributed by atoms with Gasteiger partial charge in [-0.3, -0.25) is 4.79 Å². The maximum absolute atomic E-state index is 12.7. The van der Waals surface area contributed by atoms with Gasteiger partial charge >= 0.3 is 11.9 Å². The van der Waals surface area contributed by atoms with E-state index in [2.05, 4.69) is 12.2 Å². The van der Waals surface area contributed by atoms with E-state index in [0.717, 1.165) is 36.2 Å². The molecule has 1 amide bonds. The minimum Gasteiger partial charge on any atom is -0.493 e. The molecule has 9 heteroatoms. The molecule has 0 aliphatic heterocycles. The summed E-state index contributed by atoms with van der Waals surface area (Å²) in [5, 5.41) is 2.92. The highest BCUT2D eigenvalue weighted by Crippen LogP contribution is 2.35. The number of nitrogens with one attached hydrogen (secondary N) is 1. The molecule has 0 fully saturated rings. The number of methoxy groups -OCH3 is 1. The number of unbranched alkanes of at least 4 members (excludes halogenated alkanes) is 2. The van der Waals surface area contributed by atoms with Crippen LogP contribution in [0, 0.1) is 6.92 Å². The van der Waals surface area contributed by atoms with Gasteiger partial charge in [-0.25, -0.2) is 9.59 Å². The number of rotatable bonds is 13. The summed E-state index contributed by atoms with van der Waals surface area (Å²) in [6, 6.07) is 5.40. The van der Waals surface area contributed by atoms with Crippen molar-refractivity contribution in [1.82, 2.24) is 0 Å². The Morgan fingerprint density at radius 2 is 1.83 bits per heavy atom. The molecule has 0 atom stereocenters. The standard InChI is InChI=1S/C27H35NO7S/c1-7-9-10-15-34-20-13-11-19(16-21(20)32-6)12-14-22(29)28-25-23(26(30)33-8-2)18(5)24(36-25)27(31)35-17(3)4/h11-14,16-17H,7-10,15H2,1-6H3,(H,28,29)/b14-12+. The summed E-state index contributed by atoms with van der Waals surface area (Å²) in [6.07, 6.45) is 5.82. The summed E-state index contributed by atoms with van der Waals surface area (Å²) >= 11 is 0.982. The molecular weight excluding hydrogens is 482 g/mol. The van der Waals surface area contributed by atoms with Gasteiger partial charge < -0.3 is 24.3 Å². The predicted octanol–water partition coefficient (Wildman–Crippen LogP) is 6.03. The normalized spacial score (nSPS) is 11.0. The van der Waals surface area contributed by atoms with Gasteiger partial charge in [0.1, 0.15) is 9.88 Å². The van der Waals surface area contributed by atoms with Gasteiger partial charge in [-0.05, 0) is 63.5 Å². The highest BCUT2D eigenvalue weighted by atomic mass is 32.1. The van der Waals surface area contributed by atoms with Gasteiger partial charge in [-0.15, -0.1) is 11.3 Å². The van der Waals surface area contributed by atoms with Gasteiger partial charge in [0.15, 0.2) is 11.5 Å². The fourth-order valence-corrected chi connectivity index (χ4v) is 4.36. The van der Waals surface area contributed by atoms with Crippen LogP contribution >= 0.6 is 11.3 Å². The van der Waals surface area contributed by atoms with Crippen LogP contribution in [0.5, 0.6) is 11.5 Å². The molecule has 0 radical (unpaired) electrons. The van der Waals surface area contributed by atoms with Crippen molar-refractivity contribution in [2.24, 2.45) is 0 Å². The number of carbonyl (C=O) groups is 3. The molecule has 1 heterocycles. The van der Waals surface area contributed by atoms with Gasteiger partial charge in [0.2, 0.25) is 5.91 Å². The van der Waals surface area contributed by atoms with E-state index in [9.17, 15) is 14.4 Å². The zero-order valence-electron chi connectivity index (χ0n) is 21.8. The second-order valence-electron chi connectivity index (χ2n) is 8.22. The molecule has 1 aromatic carbocycles. The molecule has 0 spiro atoms. The van der Waals surface area contributed by atoms with Crippen molar-refractivity contribution >= 4 is 40.3 Å². The zero-order valence-corrected chi connectivity index (χ0v) is 22.6. The number of ether oxygens (including phenoxy) is 4. The molecule has 36 heavy (non-hydrogen) atoms. The number of anilines is 1. The monoisotopic (exact) mass is 517 g/mol. The highest BCUT2D eigenvalue weighted by molar-refractivity contribution is 7.18. The molecule has 1 aromatic heterocycles. The van der Waals surface area contributed by atoms with E-state index in [-0.39, 0.29) is 28.2 Å². The Morgan fingerprint density at radius 3 is 2.47 bits per heavy atom. The summed E-state index contributed by atoms with van der Waals surface area (Å²) in [5.74, 6) is -0.430. The molecule has 0 aliphatic rings. The van der Waals surface area contributed by atoms with Gasteiger partial charge in [0.05, 0.1) is 32.0 Å². The van der Waals surface area contributed by atoms with Crippen molar-refractivity contribution in [3.05, 3.63) is 45.8 Å². The molecule has 1 N–H and O–H groups in total. The third kappa shape index (κ3) is 8.12. The van der Waals surface area contributed by atoms with Crippen LogP contribution in [0.3, 0.4) is 0 Å². The summed E-state index contributed by atoms with van der Waals surface area (Å²) in [7, 11) is 1.56. The van der Waals surface area contributed by atoms with Crippen LogP contribution in [0.2, 0.25) is 0 Å². The minimum absolute atomic E-state index is 0.144. The van der Waals surface area contributed by atoms with E-state index in [0.29, 0.717) is 23.7 Å². The smallest absolute Gasteiger partial charge is 0.348 e. The second-order valence-corrected chi connectivity index (χ2v) is 9.24. The lowest BCUT2D eigenvalue weighted by Crippen LogP contribution is -2.13. The largest absolute Gasteiger partial charge is 0.493 e. The van der Waals surface area contributed by atoms with Crippen LogP contribution in [0.25, 0.3) is 6.08 Å². The van der Waals surface area contributed by atoms with Crippen molar-refractivity contribution in [3.8, 4) is 11.5 Å². The Kier molecular flexibility index (Phi) is 11.5. The number of amides is 1. The fourth-order valence-electron chi connectivity index (χ4n) is 3.28. The van der Waals surface area contributed by atoms with Crippen LogP contribution < -0.4 is 14.8 Å². The highest BCUT2D eigenvalue weighted by Gasteiger charge is 2.27. The molecule has 0 aliphatic carbocycles. The predicted molar refractivity (Wildman–Crippen MR) is 141 cm³/mol. The number of esters is 2. The molecule has 2 rings (SSSR count). The first-order chi connectivity index (χ1) is 17.2. The van der Waals surface area contributed by atoms with Gasteiger partial charge in [-0.2, -0.15) is 0 Å². The lowest BCUT2D eigenvalue weighted by atomic mass is 10.1. The van der Waals surface area contributed by atoms with E-state index >= 15 is 0 Å². The van der Waals surface area contributed by atoms with Crippen molar-refractivity contribution in [1.29, 1.82) is 0 Å². The van der Waals surface area contributed by atoms with Crippen molar-refractivity contribution in [2.45, 2.75) is 60.0 Å². The SMILES string of the molecule is CCCCCOc1ccc(/C=C/C(=O)Nc2sc(C(=O)OC(C)C)c(C)c2C(=O)OCC)cc1OC. The number of hydrogen-bond acceptors (Lipinski definition) is 8. The quantitative estimate of drug-likeness (QED) is 0.197. The Morgan fingerprint density at radius 1 is 1.08 bits per heavy atom. The molecule has 2 aromatic rings. The van der Waals surface area contributed by atoms with E-state index < -0.39 is 17.8 Å². The van der Waals surface area contributed by atoms with Gasteiger partial charge in [0.25, 0.3) is 0 Å². The van der Waals surface area contributed by atoms with Crippen LogP contribution in [-0.4, -0.2) is 44.3 Å². The zero-order chi connectivity index (χ0) is 26.7. The Labute approximate surface area is 216 Å². The maximum Gasteiger partial charge on any atom is 0.348 e. The summed E-state index contributed by atoms with van der Waals surface area (Å²) < 4.78 is 21.6. The van der Waals surface area contributed by atoms with Crippen LogP contribution in [0.1, 0.15) is 78.1 Å². The summed E-state index contributed by atoms with van der Waals surface area (Å²) in [6.45, 7) is 9.69. The molecule has 196 valence electrons. The Balaban J connectivity index is 2.20. The maximum atomic E-state index is 12.7. The van der Waals surface area contributed by atoms with E-state index in [1.54, 1.807) is 53.0 Å². The number of thiophene rings is 1. The summed E-state index contributed by atoms with van der Waals surface area (Å²) in [4.78, 5) is 38.0. The topological polar surface area (TPSA) is 100 Å². The number of benzene rings is 1. The molecule has 0 bridgehead atoms. The number of carbonyl (C=O) groups excluding carboxylic acids is 3. The minimum atomic E-state index is -0.617. The average molecular weight is 518 g/mol. The average Bonchev–Trinajstić information content (AvgIpc) is 3.16. The first kappa shape index (κ1) is 28.9. The van der Waals surface area contributed by atoms with Crippen molar-refractivity contribution < 1.29 is 33.3 Å². The Hall–Kier alpha value is -3.33. The molecular formula is C27H35NO7S. The summed E-state index contributed by atoms with van der Waals surface area (Å²) in [5.41, 5.74) is 1.28. The van der Waals surface area contributed by atoms with Crippen molar-refractivity contribution in [3.63, 3.8) is 0 Å². The molecule has 8 nitrogen and oxygen atoms in total. The second kappa shape index (κ2) is 14.3. The van der Waals surface area contributed by atoms with Crippen molar-refractivity contribution in [2.75, 3.05) is 25.6 Å². The molecule has 0 saturated carbocycles. The fraction of sp³-hybridized carbons (Fsp3) is 0.444. The van der Waals surface area contributed by atoms with Gasteiger partial charge in [-0.1, -0.05) is 25.8 Å².